The molecule has 0 radical (unpaired) electrons. The highest BCUT2D eigenvalue weighted by atomic mass is 31.2. The van der Waals surface area contributed by atoms with E-state index in [-0.39, 0.29) is 32.2 Å². The zero-order valence-corrected chi connectivity index (χ0v) is 28.4. The van der Waals surface area contributed by atoms with Crippen molar-refractivity contribution in [2.24, 2.45) is 0 Å². The molecule has 0 aromatic heterocycles. The van der Waals surface area contributed by atoms with Gasteiger partial charge >= 0.3 is 5.97 Å². The third kappa shape index (κ3) is 30.8. The Balaban J connectivity index is 3.82. The summed E-state index contributed by atoms with van der Waals surface area (Å²) in [6, 6.07) is 0. The van der Waals surface area contributed by atoms with Gasteiger partial charge in [0, 0.05) is 13.0 Å². The number of unbranched alkanes of at least 4 members (excludes halogenated alkanes) is 17. The topological polar surface area (TPSA) is 94.1 Å². The first-order valence-electron chi connectivity index (χ1n) is 16.8. The minimum absolute atomic E-state index is 0.0282. The van der Waals surface area contributed by atoms with Crippen LogP contribution in [0.4, 0.5) is 0 Å². The van der Waals surface area contributed by atoms with E-state index in [4.69, 9.17) is 18.5 Å². The lowest BCUT2D eigenvalue weighted by Gasteiger charge is -2.28. The number of carbonyl (C=O) groups is 1. The minimum atomic E-state index is -4.48. The summed E-state index contributed by atoms with van der Waals surface area (Å²) in [4.78, 5) is 24.0. The first-order chi connectivity index (χ1) is 19.6. The normalized spacial score (nSPS) is 14.2. The van der Waals surface area contributed by atoms with Gasteiger partial charge in [0.2, 0.25) is 0 Å². The molecule has 0 aliphatic rings. The van der Waals surface area contributed by atoms with E-state index in [0.717, 1.165) is 12.8 Å². The molecular weight excluding hydrogens is 541 g/mol. The molecule has 0 aliphatic heterocycles. The molecular formula is C32H66NO7P. The number of carbonyl (C=O) groups excluding carboxylic acids is 1. The number of rotatable bonds is 31. The predicted molar refractivity (Wildman–Crippen MR) is 167 cm³/mol. The second-order valence-corrected chi connectivity index (χ2v) is 13.9. The van der Waals surface area contributed by atoms with Crippen LogP contribution in [-0.4, -0.2) is 70.7 Å². The molecule has 0 aromatic carbocycles. The largest absolute Gasteiger partial charge is 0.756 e. The summed E-state index contributed by atoms with van der Waals surface area (Å²) in [5, 5.41) is 0. The van der Waals surface area contributed by atoms with Crippen LogP contribution in [0.2, 0.25) is 0 Å². The number of phosphoric acid groups is 1. The highest BCUT2D eigenvalue weighted by molar-refractivity contribution is 7.45. The maximum Gasteiger partial charge on any atom is 0.306 e. The molecule has 246 valence electrons. The van der Waals surface area contributed by atoms with E-state index in [9.17, 15) is 14.3 Å². The van der Waals surface area contributed by atoms with Crippen LogP contribution in [-0.2, 0) is 27.9 Å². The third-order valence-electron chi connectivity index (χ3n) is 7.13. The van der Waals surface area contributed by atoms with Crippen LogP contribution in [0.1, 0.15) is 142 Å². The molecule has 0 aliphatic carbocycles. The maximum absolute atomic E-state index is 12.1. The van der Waals surface area contributed by atoms with Crippen molar-refractivity contribution in [2.45, 2.75) is 148 Å². The molecule has 0 rings (SSSR count). The van der Waals surface area contributed by atoms with Crippen LogP contribution in [0.25, 0.3) is 0 Å². The Bertz CT molecular complexity index is 642. The number of esters is 1. The molecule has 0 N–H and O–H groups in total. The molecule has 0 heterocycles. The molecule has 0 fully saturated rings. The fourth-order valence-electron chi connectivity index (χ4n) is 4.52. The van der Waals surface area contributed by atoms with Crippen LogP contribution in [0.3, 0.4) is 0 Å². The van der Waals surface area contributed by atoms with E-state index in [1.807, 2.05) is 28.1 Å². The van der Waals surface area contributed by atoms with E-state index >= 15 is 0 Å². The van der Waals surface area contributed by atoms with Crippen molar-refractivity contribution >= 4 is 13.8 Å². The second-order valence-electron chi connectivity index (χ2n) is 12.5. The summed E-state index contributed by atoms with van der Waals surface area (Å²) in [6.07, 6.45) is 24.1. The minimum Gasteiger partial charge on any atom is -0.756 e. The number of hydrogen-bond donors (Lipinski definition) is 0. The Morgan fingerprint density at radius 3 is 1.56 bits per heavy atom. The Kier molecular flexibility index (Phi) is 26.7. The van der Waals surface area contributed by atoms with Gasteiger partial charge in [0.1, 0.15) is 19.3 Å². The number of likely N-dealkylation sites (N-methyl/N-ethyl adjacent to an activating group) is 1. The van der Waals surface area contributed by atoms with Gasteiger partial charge in [-0.2, -0.15) is 0 Å². The summed E-state index contributed by atoms with van der Waals surface area (Å²) in [5.74, 6) is -0.385. The lowest BCUT2D eigenvalue weighted by atomic mass is 10.0. The third-order valence-corrected chi connectivity index (χ3v) is 8.09. The van der Waals surface area contributed by atoms with Crippen LogP contribution >= 0.6 is 7.82 Å². The van der Waals surface area contributed by atoms with E-state index in [1.165, 1.54) is 103 Å². The van der Waals surface area contributed by atoms with Gasteiger partial charge in [-0.25, -0.2) is 0 Å². The summed E-state index contributed by atoms with van der Waals surface area (Å²) < 4.78 is 33.7. The molecule has 2 atom stereocenters. The van der Waals surface area contributed by atoms with Gasteiger partial charge < -0.3 is 27.9 Å². The van der Waals surface area contributed by atoms with E-state index in [1.54, 1.807) is 0 Å². The fourth-order valence-corrected chi connectivity index (χ4v) is 5.25. The molecule has 0 amide bonds. The molecule has 41 heavy (non-hydrogen) atoms. The average molecular weight is 608 g/mol. The average Bonchev–Trinajstić information content (AvgIpc) is 2.89. The van der Waals surface area contributed by atoms with Crippen LogP contribution < -0.4 is 4.89 Å². The Labute approximate surface area is 253 Å². The maximum atomic E-state index is 12.1. The number of ether oxygens (including phenoxy) is 2. The smallest absolute Gasteiger partial charge is 0.306 e. The number of quaternary nitrogens is 1. The standard InChI is InChI=1S/C32H66NO7P/c1-6-8-9-10-11-12-13-14-15-16-17-18-19-20-21-22-23-24-27-37-29-31(40-32(34)25-7-2)30-39-41(35,36)38-28-26-33(3,4)5/h31H,6-30H2,1-5H3/t31-/m1/s1. The molecule has 9 heteroatoms. The number of nitrogens with zero attached hydrogens (tertiary/aromatic N) is 1. The summed E-state index contributed by atoms with van der Waals surface area (Å²) in [6.45, 7) is 5.06. The van der Waals surface area contributed by atoms with Crippen molar-refractivity contribution < 1.29 is 37.3 Å². The van der Waals surface area contributed by atoms with Crippen molar-refractivity contribution in [1.82, 2.24) is 0 Å². The molecule has 0 spiro atoms. The molecule has 0 saturated heterocycles. The summed E-state index contributed by atoms with van der Waals surface area (Å²) >= 11 is 0. The predicted octanol–water partition coefficient (Wildman–Crippen LogP) is 7.96. The Morgan fingerprint density at radius 1 is 0.659 bits per heavy atom. The highest BCUT2D eigenvalue weighted by Crippen LogP contribution is 2.38. The molecule has 1 unspecified atom stereocenters. The lowest BCUT2D eigenvalue weighted by Crippen LogP contribution is -2.37. The Morgan fingerprint density at radius 2 is 1.12 bits per heavy atom. The van der Waals surface area contributed by atoms with Crippen LogP contribution in [0.15, 0.2) is 0 Å². The van der Waals surface area contributed by atoms with Crippen molar-refractivity contribution in [2.75, 3.05) is 54.1 Å². The van der Waals surface area contributed by atoms with Gasteiger partial charge in [-0.1, -0.05) is 123 Å². The van der Waals surface area contributed by atoms with Crippen LogP contribution in [0, 0.1) is 0 Å². The van der Waals surface area contributed by atoms with Crippen molar-refractivity contribution in [3.05, 3.63) is 0 Å². The molecule has 8 nitrogen and oxygen atoms in total. The van der Waals surface area contributed by atoms with E-state index in [0.29, 0.717) is 24.1 Å². The molecule has 0 aromatic rings. The van der Waals surface area contributed by atoms with Gasteiger partial charge in [-0.15, -0.1) is 0 Å². The lowest BCUT2D eigenvalue weighted by molar-refractivity contribution is -0.870. The number of hydrogen-bond acceptors (Lipinski definition) is 7. The summed E-state index contributed by atoms with van der Waals surface area (Å²) in [5.41, 5.74) is 0. The van der Waals surface area contributed by atoms with E-state index < -0.39 is 13.9 Å². The van der Waals surface area contributed by atoms with Gasteiger partial charge in [0.25, 0.3) is 7.82 Å². The monoisotopic (exact) mass is 607 g/mol. The molecule has 0 saturated carbocycles. The van der Waals surface area contributed by atoms with Gasteiger partial charge in [0.05, 0.1) is 34.4 Å². The second kappa shape index (κ2) is 27.1. The zero-order chi connectivity index (χ0) is 30.7. The molecule has 0 bridgehead atoms. The van der Waals surface area contributed by atoms with Gasteiger partial charge in [-0.05, 0) is 12.8 Å². The first-order valence-corrected chi connectivity index (χ1v) is 18.2. The Hall–Kier alpha value is -0.500. The SMILES string of the molecule is CCCCCCCCCCCCCCCCCCCCOC[C@H](COP(=O)([O-])OCC[N+](C)(C)C)OC(=O)CCC. The van der Waals surface area contributed by atoms with E-state index in [2.05, 4.69) is 6.92 Å². The van der Waals surface area contributed by atoms with Crippen molar-refractivity contribution in [3.63, 3.8) is 0 Å². The number of phosphoric ester groups is 1. The quantitative estimate of drug-likeness (QED) is 0.0341. The fraction of sp³-hybridized carbons (Fsp3) is 0.969. The zero-order valence-electron chi connectivity index (χ0n) is 27.5. The first kappa shape index (κ1) is 40.5. The van der Waals surface area contributed by atoms with Crippen LogP contribution in [0.5, 0.6) is 0 Å². The van der Waals surface area contributed by atoms with Crippen molar-refractivity contribution in [1.29, 1.82) is 0 Å². The highest BCUT2D eigenvalue weighted by Gasteiger charge is 2.20. The van der Waals surface area contributed by atoms with Gasteiger partial charge in [0.15, 0.2) is 0 Å². The van der Waals surface area contributed by atoms with Gasteiger partial charge in [-0.3, -0.25) is 9.36 Å². The van der Waals surface area contributed by atoms with Crippen molar-refractivity contribution in [3.8, 4) is 0 Å². The summed E-state index contributed by atoms with van der Waals surface area (Å²) in [7, 11) is 1.36.